The molecule has 0 spiro atoms. The van der Waals surface area contributed by atoms with Crippen molar-refractivity contribution in [2.75, 3.05) is 0 Å². The molecule has 2 aromatic rings. The molecule has 0 saturated heterocycles. The first-order valence-electron chi connectivity index (χ1n) is 5.27. The van der Waals surface area contributed by atoms with E-state index in [1.165, 1.54) is 12.1 Å². The average molecular weight is 277 g/mol. The van der Waals surface area contributed by atoms with Crippen LogP contribution < -0.4 is 0 Å². The van der Waals surface area contributed by atoms with Gasteiger partial charge in [-0.3, -0.25) is 9.59 Å². The molecule has 0 bridgehead atoms. The van der Waals surface area contributed by atoms with Gasteiger partial charge in [-0.15, -0.1) is 0 Å². The fourth-order valence-corrected chi connectivity index (χ4v) is 2.63. The molecule has 0 atom stereocenters. The third kappa shape index (κ3) is 1.43. The van der Waals surface area contributed by atoms with Crippen LogP contribution in [0.5, 0.6) is 0 Å². The van der Waals surface area contributed by atoms with Crippen LogP contribution in [0.3, 0.4) is 0 Å². The maximum absolute atomic E-state index is 12.3. The molecule has 0 radical (unpaired) electrons. The molecule has 0 unspecified atom stereocenters. The minimum Gasteiger partial charge on any atom is -0.289 e. The number of benzene rings is 2. The molecule has 88 valence electrons. The number of carbonyl (C=O) groups is 2. The Balaban J connectivity index is 2.41. The van der Waals surface area contributed by atoms with Gasteiger partial charge in [0.25, 0.3) is 0 Å². The monoisotopic (exact) mass is 276 g/mol. The molecule has 18 heavy (non-hydrogen) atoms. The number of fused-ring (bicyclic) bond motifs is 2. The van der Waals surface area contributed by atoms with Gasteiger partial charge in [0.1, 0.15) is 0 Å². The molecule has 0 heterocycles. The van der Waals surface area contributed by atoms with E-state index in [1.807, 2.05) is 0 Å². The summed E-state index contributed by atoms with van der Waals surface area (Å²) in [4.78, 5) is 24.7. The quantitative estimate of drug-likeness (QED) is 0.626. The largest absolute Gasteiger partial charge is 0.289 e. The lowest BCUT2D eigenvalue weighted by atomic mass is 9.84. The lowest BCUT2D eigenvalue weighted by Gasteiger charge is -2.19. The number of rotatable bonds is 0. The van der Waals surface area contributed by atoms with Crippen LogP contribution >= 0.6 is 23.2 Å². The summed E-state index contributed by atoms with van der Waals surface area (Å²) in [5.74, 6) is -0.514. The fraction of sp³-hybridized carbons (Fsp3) is 0. The molecule has 2 aromatic carbocycles. The first-order chi connectivity index (χ1) is 8.61. The Hall–Kier alpha value is -1.64. The van der Waals surface area contributed by atoms with Crippen LogP contribution in [0, 0.1) is 0 Å². The molecule has 3 rings (SSSR count). The number of halogens is 2. The maximum atomic E-state index is 12.3. The molecule has 0 fully saturated rings. The zero-order valence-electron chi connectivity index (χ0n) is 9.04. The summed E-state index contributed by atoms with van der Waals surface area (Å²) < 4.78 is 0. The van der Waals surface area contributed by atoms with Crippen LogP contribution in [0.1, 0.15) is 31.8 Å². The minimum atomic E-state index is -0.257. The molecular formula is C14H6Cl2O2. The van der Waals surface area contributed by atoms with Crippen molar-refractivity contribution in [1.29, 1.82) is 0 Å². The van der Waals surface area contributed by atoms with Crippen LogP contribution in [-0.2, 0) is 0 Å². The topological polar surface area (TPSA) is 34.1 Å². The lowest BCUT2D eigenvalue weighted by Crippen LogP contribution is -2.21. The van der Waals surface area contributed by atoms with Gasteiger partial charge in [-0.1, -0.05) is 47.5 Å². The Labute approximate surface area is 113 Å². The summed E-state index contributed by atoms with van der Waals surface area (Å²) in [6.45, 7) is 0. The van der Waals surface area contributed by atoms with Gasteiger partial charge in [0, 0.05) is 11.1 Å². The van der Waals surface area contributed by atoms with Crippen molar-refractivity contribution in [3.05, 3.63) is 68.7 Å². The average Bonchev–Trinajstić information content (AvgIpc) is 2.38. The van der Waals surface area contributed by atoms with Crippen molar-refractivity contribution in [1.82, 2.24) is 0 Å². The Morgan fingerprint density at radius 2 is 1.06 bits per heavy atom. The standard InChI is InChI=1S/C14H6Cl2O2/c15-9-5-6-10(16)12-11(9)13(17)7-3-1-2-4-8(7)14(12)18/h1-6H. The SMILES string of the molecule is O=C1c2ccccc2C(=O)c2c(Cl)ccc(Cl)c21. The van der Waals surface area contributed by atoms with E-state index in [1.54, 1.807) is 24.3 Å². The summed E-state index contributed by atoms with van der Waals surface area (Å²) in [6, 6.07) is 9.73. The second-order valence-electron chi connectivity index (χ2n) is 3.98. The van der Waals surface area contributed by atoms with Crippen LogP contribution in [0.15, 0.2) is 36.4 Å². The van der Waals surface area contributed by atoms with Crippen molar-refractivity contribution >= 4 is 34.8 Å². The highest BCUT2D eigenvalue weighted by molar-refractivity contribution is 6.43. The van der Waals surface area contributed by atoms with Gasteiger partial charge in [-0.25, -0.2) is 0 Å². The highest BCUT2D eigenvalue weighted by Crippen LogP contribution is 2.35. The Bertz CT molecular complexity index is 645. The maximum Gasteiger partial charge on any atom is 0.196 e. The fourth-order valence-electron chi connectivity index (χ4n) is 2.14. The molecule has 0 aliphatic heterocycles. The van der Waals surface area contributed by atoms with E-state index >= 15 is 0 Å². The zero-order valence-corrected chi connectivity index (χ0v) is 10.5. The van der Waals surface area contributed by atoms with Crippen LogP contribution in [0.2, 0.25) is 10.0 Å². The first-order valence-corrected chi connectivity index (χ1v) is 6.03. The smallest absolute Gasteiger partial charge is 0.196 e. The normalized spacial score (nSPS) is 13.2. The minimum absolute atomic E-state index is 0.202. The van der Waals surface area contributed by atoms with Crippen LogP contribution in [-0.4, -0.2) is 11.6 Å². The second kappa shape index (κ2) is 3.94. The molecular weight excluding hydrogens is 271 g/mol. The van der Waals surface area contributed by atoms with Gasteiger partial charge in [0.05, 0.1) is 21.2 Å². The molecule has 1 aliphatic rings. The lowest BCUT2D eigenvalue weighted by molar-refractivity contribution is 0.0979. The predicted molar refractivity (Wildman–Crippen MR) is 69.8 cm³/mol. The summed E-state index contributed by atoms with van der Waals surface area (Å²) >= 11 is 12.0. The number of carbonyl (C=O) groups excluding carboxylic acids is 2. The molecule has 0 amide bonds. The van der Waals surface area contributed by atoms with Crippen LogP contribution in [0.4, 0.5) is 0 Å². The summed E-state index contributed by atoms with van der Waals surface area (Å²) in [5, 5.41) is 0.504. The number of hydrogen-bond donors (Lipinski definition) is 0. The van der Waals surface area contributed by atoms with Crippen molar-refractivity contribution in [3.8, 4) is 0 Å². The molecule has 0 aromatic heterocycles. The number of ketones is 2. The molecule has 0 saturated carbocycles. The van der Waals surface area contributed by atoms with Gasteiger partial charge in [-0.2, -0.15) is 0 Å². The zero-order chi connectivity index (χ0) is 12.9. The van der Waals surface area contributed by atoms with Crippen LogP contribution in [0.25, 0.3) is 0 Å². The molecule has 4 heteroatoms. The third-order valence-electron chi connectivity index (χ3n) is 2.97. The molecule has 2 nitrogen and oxygen atoms in total. The second-order valence-corrected chi connectivity index (χ2v) is 4.80. The number of hydrogen-bond acceptors (Lipinski definition) is 2. The first kappa shape index (κ1) is 11.5. The van der Waals surface area contributed by atoms with E-state index in [-0.39, 0.29) is 32.7 Å². The Morgan fingerprint density at radius 3 is 1.44 bits per heavy atom. The summed E-state index contributed by atoms with van der Waals surface area (Å²) in [6.07, 6.45) is 0. The van der Waals surface area contributed by atoms with Gasteiger partial charge in [0.2, 0.25) is 0 Å². The van der Waals surface area contributed by atoms with Gasteiger partial charge < -0.3 is 0 Å². The van der Waals surface area contributed by atoms with Crippen molar-refractivity contribution in [3.63, 3.8) is 0 Å². The molecule has 1 aliphatic carbocycles. The van der Waals surface area contributed by atoms with Gasteiger partial charge in [-0.05, 0) is 12.1 Å². The summed E-state index contributed by atoms with van der Waals surface area (Å²) in [5.41, 5.74) is 1.15. The van der Waals surface area contributed by atoms with E-state index in [4.69, 9.17) is 23.2 Å². The highest BCUT2D eigenvalue weighted by Gasteiger charge is 2.32. The van der Waals surface area contributed by atoms with E-state index in [9.17, 15) is 9.59 Å². The van der Waals surface area contributed by atoms with E-state index in [0.717, 1.165) is 0 Å². The van der Waals surface area contributed by atoms with Gasteiger partial charge >= 0.3 is 0 Å². The van der Waals surface area contributed by atoms with E-state index < -0.39 is 0 Å². The Morgan fingerprint density at radius 1 is 0.667 bits per heavy atom. The predicted octanol–water partition coefficient (Wildman–Crippen LogP) is 3.77. The Kier molecular flexibility index (Phi) is 2.51. The van der Waals surface area contributed by atoms with Crippen molar-refractivity contribution in [2.24, 2.45) is 0 Å². The van der Waals surface area contributed by atoms with Crippen molar-refractivity contribution in [2.45, 2.75) is 0 Å². The highest BCUT2D eigenvalue weighted by atomic mass is 35.5. The van der Waals surface area contributed by atoms with E-state index in [0.29, 0.717) is 11.1 Å². The summed E-state index contributed by atoms with van der Waals surface area (Å²) in [7, 11) is 0. The van der Waals surface area contributed by atoms with Crippen molar-refractivity contribution < 1.29 is 9.59 Å². The van der Waals surface area contributed by atoms with E-state index in [2.05, 4.69) is 0 Å². The molecule has 0 N–H and O–H groups in total. The van der Waals surface area contributed by atoms with Gasteiger partial charge in [0.15, 0.2) is 11.6 Å². The third-order valence-corrected chi connectivity index (χ3v) is 3.60.